The van der Waals surface area contributed by atoms with Gasteiger partial charge in [0.2, 0.25) is 5.89 Å². The Morgan fingerprint density at radius 1 is 1.16 bits per heavy atom. The second-order valence-corrected chi connectivity index (χ2v) is 9.01. The van der Waals surface area contributed by atoms with E-state index in [9.17, 15) is 9.18 Å². The molecule has 4 rings (SSSR count). The number of likely N-dealkylation sites (tertiary alicyclic amines) is 1. The average molecular weight is 441 g/mol. The van der Waals surface area contributed by atoms with Crippen LogP contribution in [0.1, 0.15) is 34.7 Å². The molecule has 0 N–H and O–H groups in total. The molecule has 2 aromatic carbocycles. The fourth-order valence-corrected chi connectivity index (χ4v) is 4.79. The van der Waals surface area contributed by atoms with Crippen molar-refractivity contribution in [2.45, 2.75) is 36.5 Å². The molecule has 0 spiro atoms. The van der Waals surface area contributed by atoms with Crippen molar-refractivity contribution < 1.29 is 18.3 Å². The molecule has 162 valence electrons. The van der Waals surface area contributed by atoms with E-state index >= 15 is 0 Å². The van der Waals surface area contributed by atoms with Crippen LogP contribution in [0, 0.1) is 12.7 Å². The molecule has 0 aliphatic carbocycles. The number of halogens is 1. The summed E-state index contributed by atoms with van der Waals surface area (Å²) in [6.07, 6.45) is 2.17. The molecule has 0 amide bonds. The fraction of sp³-hybridized carbons (Fsp3) is 0.333. The predicted octanol–water partition coefficient (Wildman–Crippen LogP) is 5.33. The highest BCUT2D eigenvalue weighted by atomic mass is 32.2. The minimum Gasteiger partial charge on any atom is -0.465 e. The van der Waals surface area contributed by atoms with Gasteiger partial charge in [-0.15, -0.1) is 11.8 Å². The third-order valence-corrected chi connectivity index (χ3v) is 6.82. The van der Waals surface area contributed by atoms with Crippen molar-refractivity contribution in [2.24, 2.45) is 0 Å². The topological polar surface area (TPSA) is 55.6 Å². The minimum absolute atomic E-state index is 0.194. The van der Waals surface area contributed by atoms with E-state index in [1.165, 1.54) is 19.2 Å². The number of aromatic nitrogens is 1. The minimum atomic E-state index is -0.364. The van der Waals surface area contributed by atoms with Gasteiger partial charge in [-0.3, -0.25) is 4.90 Å². The van der Waals surface area contributed by atoms with Crippen molar-refractivity contribution in [1.82, 2.24) is 9.88 Å². The van der Waals surface area contributed by atoms with Crippen LogP contribution < -0.4 is 0 Å². The number of ether oxygens (including phenoxy) is 1. The normalized spacial score (nSPS) is 15.2. The van der Waals surface area contributed by atoms with E-state index in [0.29, 0.717) is 16.7 Å². The van der Waals surface area contributed by atoms with Gasteiger partial charge in [-0.25, -0.2) is 14.2 Å². The molecule has 0 radical (unpaired) electrons. The number of rotatable bonds is 6. The third kappa shape index (κ3) is 5.35. The van der Waals surface area contributed by atoms with Crippen molar-refractivity contribution in [3.63, 3.8) is 0 Å². The lowest BCUT2D eigenvalue weighted by molar-refractivity contribution is 0.0600. The van der Waals surface area contributed by atoms with Crippen LogP contribution in [0.3, 0.4) is 0 Å². The number of benzene rings is 2. The van der Waals surface area contributed by atoms with Crippen molar-refractivity contribution in [2.75, 3.05) is 20.2 Å². The van der Waals surface area contributed by atoms with Crippen LogP contribution in [-0.4, -0.2) is 41.3 Å². The van der Waals surface area contributed by atoms with E-state index < -0.39 is 0 Å². The molecule has 3 aromatic rings. The number of carbonyl (C=O) groups is 1. The first kappa shape index (κ1) is 21.6. The Morgan fingerprint density at radius 2 is 1.84 bits per heavy atom. The lowest BCUT2D eigenvalue weighted by atomic mass is 10.1. The number of hydrogen-bond acceptors (Lipinski definition) is 6. The van der Waals surface area contributed by atoms with E-state index in [0.717, 1.165) is 54.4 Å². The molecule has 0 atom stereocenters. The van der Waals surface area contributed by atoms with Gasteiger partial charge in [-0.1, -0.05) is 0 Å². The zero-order valence-electron chi connectivity index (χ0n) is 17.6. The predicted molar refractivity (Wildman–Crippen MR) is 119 cm³/mol. The maximum absolute atomic E-state index is 13.1. The molecule has 1 saturated heterocycles. The summed E-state index contributed by atoms with van der Waals surface area (Å²) in [6.45, 7) is 4.68. The van der Waals surface area contributed by atoms with Gasteiger partial charge in [0.1, 0.15) is 11.6 Å². The van der Waals surface area contributed by atoms with Crippen molar-refractivity contribution in [3.05, 3.63) is 71.4 Å². The van der Waals surface area contributed by atoms with Crippen LogP contribution in [0.4, 0.5) is 4.39 Å². The Labute approximate surface area is 185 Å². The second-order valence-electron chi connectivity index (χ2n) is 7.64. The lowest BCUT2D eigenvalue weighted by Gasteiger charge is -2.31. The van der Waals surface area contributed by atoms with Crippen LogP contribution in [-0.2, 0) is 11.3 Å². The second kappa shape index (κ2) is 9.66. The molecule has 0 bridgehead atoms. The quantitative estimate of drug-likeness (QED) is 0.483. The SMILES string of the molecule is COC(=O)c1ccc(-c2nc(CN3CCC(Sc4ccc(F)cc4)CC3)c(C)o2)cc1. The number of piperidine rings is 1. The molecule has 2 heterocycles. The molecule has 0 saturated carbocycles. The largest absolute Gasteiger partial charge is 0.465 e. The first-order chi connectivity index (χ1) is 15.0. The summed E-state index contributed by atoms with van der Waals surface area (Å²) in [4.78, 5) is 19.8. The zero-order chi connectivity index (χ0) is 21.8. The van der Waals surface area contributed by atoms with Crippen LogP contribution in [0.2, 0.25) is 0 Å². The Bertz CT molecular complexity index is 1030. The van der Waals surface area contributed by atoms with Gasteiger partial charge in [0.25, 0.3) is 0 Å². The van der Waals surface area contributed by atoms with E-state index in [-0.39, 0.29) is 11.8 Å². The summed E-state index contributed by atoms with van der Waals surface area (Å²) >= 11 is 1.83. The van der Waals surface area contributed by atoms with Crippen molar-refractivity contribution >= 4 is 17.7 Å². The highest BCUT2D eigenvalue weighted by molar-refractivity contribution is 8.00. The first-order valence-corrected chi connectivity index (χ1v) is 11.2. The summed E-state index contributed by atoms with van der Waals surface area (Å²) in [7, 11) is 1.37. The molecule has 1 fully saturated rings. The van der Waals surface area contributed by atoms with Gasteiger partial charge >= 0.3 is 5.97 Å². The van der Waals surface area contributed by atoms with Gasteiger partial charge in [0, 0.05) is 22.3 Å². The molecule has 5 nitrogen and oxygen atoms in total. The lowest BCUT2D eigenvalue weighted by Crippen LogP contribution is -2.34. The number of esters is 1. The number of carbonyl (C=O) groups excluding carboxylic acids is 1. The van der Waals surface area contributed by atoms with Gasteiger partial charge < -0.3 is 9.15 Å². The number of thioether (sulfide) groups is 1. The standard InChI is InChI=1S/C24H25FN2O3S/c1-16-22(26-23(30-16)17-3-5-18(6-4-17)24(28)29-2)15-27-13-11-21(12-14-27)31-20-9-7-19(25)8-10-20/h3-10,21H,11-15H2,1-2H3. The maximum atomic E-state index is 13.1. The van der Waals surface area contributed by atoms with Gasteiger partial charge in [-0.05, 0) is 81.4 Å². The molecule has 31 heavy (non-hydrogen) atoms. The summed E-state index contributed by atoms with van der Waals surface area (Å²) in [6, 6.07) is 13.8. The maximum Gasteiger partial charge on any atom is 0.337 e. The fourth-order valence-electron chi connectivity index (χ4n) is 3.67. The van der Waals surface area contributed by atoms with E-state index in [4.69, 9.17) is 14.1 Å². The van der Waals surface area contributed by atoms with Crippen LogP contribution >= 0.6 is 11.8 Å². The number of methoxy groups -OCH3 is 1. The smallest absolute Gasteiger partial charge is 0.337 e. The van der Waals surface area contributed by atoms with Gasteiger partial charge in [0.05, 0.1) is 18.4 Å². The van der Waals surface area contributed by atoms with E-state index in [2.05, 4.69) is 4.90 Å². The molecule has 1 aromatic heterocycles. The number of nitrogens with zero attached hydrogens (tertiary/aromatic N) is 2. The Hall–Kier alpha value is -2.64. The molecular formula is C24H25FN2O3S. The van der Waals surface area contributed by atoms with Crippen LogP contribution in [0.5, 0.6) is 0 Å². The highest BCUT2D eigenvalue weighted by Gasteiger charge is 2.22. The Balaban J connectivity index is 1.34. The number of hydrogen-bond donors (Lipinski definition) is 0. The molecule has 1 aliphatic rings. The monoisotopic (exact) mass is 440 g/mol. The van der Waals surface area contributed by atoms with E-state index in [1.807, 2.05) is 43.0 Å². The zero-order valence-corrected chi connectivity index (χ0v) is 18.5. The average Bonchev–Trinajstić information content (AvgIpc) is 3.16. The molecule has 0 unspecified atom stereocenters. The van der Waals surface area contributed by atoms with Crippen molar-refractivity contribution in [1.29, 1.82) is 0 Å². The number of oxazole rings is 1. The summed E-state index contributed by atoms with van der Waals surface area (Å²) in [5, 5.41) is 0.545. The van der Waals surface area contributed by atoms with Gasteiger partial charge in [-0.2, -0.15) is 0 Å². The molecule has 1 aliphatic heterocycles. The number of aryl methyl sites for hydroxylation is 1. The van der Waals surface area contributed by atoms with Crippen LogP contribution in [0.15, 0.2) is 57.8 Å². The molecular weight excluding hydrogens is 415 g/mol. The third-order valence-electron chi connectivity index (χ3n) is 5.47. The highest BCUT2D eigenvalue weighted by Crippen LogP contribution is 2.31. The Morgan fingerprint density at radius 3 is 2.48 bits per heavy atom. The molecule has 7 heteroatoms. The van der Waals surface area contributed by atoms with Gasteiger partial charge in [0.15, 0.2) is 0 Å². The Kier molecular flexibility index (Phi) is 6.73. The summed E-state index contributed by atoms with van der Waals surface area (Å²) in [5.41, 5.74) is 2.27. The first-order valence-electron chi connectivity index (χ1n) is 10.3. The van der Waals surface area contributed by atoms with Crippen LogP contribution in [0.25, 0.3) is 11.5 Å². The summed E-state index contributed by atoms with van der Waals surface area (Å²) in [5.74, 6) is 0.818. The van der Waals surface area contributed by atoms with Crippen molar-refractivity contribution in [3.8, 4) is 11.5 Å². The van der Waals surface area contributed by atoms with E-state index in [1.54, 1.807) is 12.1 Å². The summed E-state index contributed by atoms with van der Waals surface area (Å²) < 4.78 is 23.7.